The molecule has 0 saturated carbocycles. The third-order valence-electron chi connectivity index (χ3n) is 4.59. The molecule has 0 heterocycles. The van der Waals surface area contributed by atoms with Gasteiger partial charge in [-0.3, -0.25) is 4.79 Å². The second-order valence-corrected chi connectivity index (χ2v) is 8.05. The summed E-state index contributed by atoms with van der Waals surface area (Å²) >= 11 is 2.09. The predicted octanol–water partition coefficient (Wildman–Crippen LogP) is 5.87. The Bertz CT molecular complexity index is 1220. The number of para-hydroxylation sites is 1. The minimum atomic E-state index is -0.498. The van der Waals surface area contributed by atoms with Gasteiger partial charge in [-0.2, -0.15) is 5.26 Å². The van der Waals surface area contributed by atoms with Gasteiger partial charge in [-0.1, -0.05) is 30.3 Å². The van der Waals surface area contributed by atoms with Gasteiger partial charge in [0.2, 0.25) is 0 Å². The van der Waals surface area contributed by atoms with Crippen molar-refractivity contribution in [3.8, 4) is 17.6 Å². The summed E-state index contributed by atoms with van der Waals surface area (Å²) in [6.07, 6.45) is 1.49. The zero-order valence-electron chi connectivity index (χ0n) is 17.5. The number of nitrogens with zero attached hydrogens (tertiary/aromatic N) is 1. The fourth-order valence-corrected chi connectivity index (χ4v) is 3.74. The number of carbonyl (C=O) groups excluding carboxylic acids is 1. The number of carbonyl (C=O) groups is 1. The zero-order chi connectivity index (χ0) is 23.1. The van der Waals surface area contributed by atoms with Crippen LogP contribution in [0.2, 0.25) is 0 Å². The molecule has 5 nitrogen and oxygen atoms in total. The summed E-state index contributed by atoms with van der Waals surface area (Å²) in [5, 5.41) is 12.3. The van der Waals surface area contributed by atoms with Crippen LogP contribution >= 0.6 is 22.6 Å². The molecule has 0 unspecified atom stereocenters. The van der Waals surface area contributed by atoms with Crippen molar-refractivity contribution in [1.29, 1.82) is 5.26 Å². The Morgan fingerprint density at radius 2 is 1.97 bits per heavy atom. The molecule has 3 rings (SSSR count). The molecule has 7 heteroatoms. The lowest BCUT2D eigenvalue weighted by atomic mass is 10.1. The van der Waals surface area contributed by atoms with Crippen LogP contribution in [0.15, 0.2) is 66.2 Å². The maximum absolute atomic E-state index is 13.4. The third kappa shape index (κ3) is 5.86. The highest BCUT2D eigenvalue weighted by molar-refractivity contribution is 14.1. The van der Waals surface area contributed by atoms with Gasteiger partial charge in [0.15, 0.2) is 11.5 Å². The van der Waals surface area contributed by atoms with Crippen LogP contribution in [-0.4, -0.2) is 13.0 Å². The van der Waals surface area contributed by atoms with Crippen LogP contribution in [-0.2, 0) is 11.4 Å². The van der Waals surface area contributed by atoms with Gasteiger partial charge in [-0.25, -0.2) is 4.39 Å². The molecule has 3 aromatic carbocycles. The lowest BCUT2D eigenvalue weighted by Gasteiger charge is -2.14. The largest absolute Gasteiger partial charge is 0.493 e. The normalized spacial score (nSPS) is 10.9. The topological polar surface area (TPSA) is 71.3 Å². The van der Waals surface area contributed by atoms with E-state index in [4.69, 9.17) is 9.47 Å². The van der Waals surface area contributed by atoms with Gasteiger partial charge in [-0.15, -0.1) is 0 Å². The molecule has 0 atom stereocenters. The Morgan fingerprint density at radius 1 is 1.19 bits per heavy atom. The number of hydrogen-bond donors (Lipinski definition) is 1. The number of rotatable bonds is 7. The number of anilines is 1. The van der Waals surface area contributed by atoms with E-state index in [1.165, 1.54) is 25.3 Å². The van der Waals surface area contributed by atoms with Crippen molar-refractivity contribution in [2.24, 2.45) is 0 Å². The average Bonchev–Trinajstić information content (AvgIpc) is 2.77. The second-order valence-electron chi connectivity index (χ2n) is 6.89. The van der Waals surface area contributed by atoms with Gasteiger partial charge in [0.05, 0.1) is 10.7 Å². The first-order valence-electron chi connectivity index (χ1n) is 9.65. The molecule has 0 fully saturated rings. The van der Waals surface area contributed by atoms with E-state index in [-0.39, 0.29) is 18.0 Å². The highest BCUT2D eigenvalue weighted by atomic mass is 127. The number of amides is 1. The first-order valence-corrected chi connectivity index (χ1v) is 10.7. The molecule has 162 valence electrons. The van der Waals surface area contributed by atoms with Crippen LogP contribution in [0.1, 0.15) is 16.7 Å². The van der Waals surface area contributed by atoms with Gasteiger partial charge in [0.1, 0.15) is 24.1 Å². The highest BCUT2D eigenvalue weighted by Crippen LogP contribution is 2.35. The Labute approximate surface area is 199 Å². The highest BCUT2D eigenvalue weighted by Gasteiger charge is 2.15. The van der Waals surface area contributed by atoms with Crippen molar-refractivity contribution in [3.05, 3.63) is 92.3 Å². The van der Waals surface area contributed by atoms with E-state index in [0.717, 1.165) is 9.13 Å². The number of nitriles is 1. The van der Waals surface area contributed by atoms with E-state index in [9.17, 15) is 14.4 Å². The van der Waals surface area contributed by atoms with Crippen molar-refractivity contribution >= 4 is 40.3 Å². The Kier molecular flexibility index (Phi) is 7.84. The van der Waals surface area contributed by atoms with Crippen molar-refractivity contribution in [1.82, 2.24) is 0 Å². The minimum Gasteiger partial charge on any atom is -0.493 e. The molecule has 3 aromatic rings. The molecular formula is C25H20FIN2O3. The number of aryl methyl sites for hydroxylation is 1. The molecule has 1 amide bonds. The molecular weight excluding hydrogens is 522 g/mol. The summed E-state index contributed by atoms with van der Waals surface area (Å²) in [7, 11) is 1.50. The van der Waals surface area contributed by atoms with Crippen molar-refractivity contribution < 1.29 is 18.7 Å². The van der Waals surface area contributed by atoms with Crippen LogP contribution in [0.3, 0.4) is 0 Å². The monoisotopic (exact) mass is 542 g/mol. The van der Waals surface area contributed by atoms with Crippen LogP contribution in [0, 0.1) is 27.6 Å². The molecule has 0 aliphatic rings. The number of nitrogens with one attached hydrogen (secondary N) is 1. The van der Waals surface area contributed by atoms with Crippen LogP contribution < -0.4 is 14.8 Å². The van der Waals surface area contributed by atoms with Crippen LogP contribution in [0.25, 0.3) is 6.08 Å². The van der Waals surface area contributed by atoms with Crippen molar-refractivity contribution in [2.45, 2.75) is 13.5 Å². The summed E-state index contributed by atoms with van der Waals surface area (Å²) in [6.45, 7) is 2.04. The molecule has 0 bridgehead atoms. The van der Waals surface area contributed by atoms with Crippen molar-refractivity contribution in [3.63, 3.8) is 0 Å². The van der Waals surface area contributed by atoms with Gasteiger partial charge in [0.25, 0.3) is 5.91 Å². The molecule has 0 aliphatic carbocycles. The smallest absolute Gasteiger partial charge is 0.266 e. The van der Waals surface area contributed by atoms with Crippen LogP contribution in [0.5, 0.6) is 11.5 Å². The fourth-order valence-electron chi connectivity index (χ4n) is 2.96. The first kappa shape index (κ1) is 23.3. The van der Waals surface area contributed by atoms with E-state index in [0.29, 0.717) is 28.3 Å². The summed E-state index contributed by atoms with van der Waals surface area (Å²) in [4.78, 5) is 12.6. The molecule has 0 radical (unpaired) electrons. The first-order chi connectivity index (χ1) is 15.4. The maximum atomic E-state index is 13.4. The summed E-state index contributed by atoms with van der Waals surface area (Å²) in [5.74, 6) is 0.108. The molecule has 0 aromatic heterocycles. The number of benzene rings is 3. The fraction of sp³-hybridized carbons (Fsp3) is 0.120. The van der Waals surface area contributed by atoms with Gasteiger partial charge in [-0.05, 0) is 82.6 Å². The standard InChI is InChI=1S/C25H20FIN2O3/c1-16-6-3-4-9-22(16)29-25(30)19(14-28)10-18-12-21(27)24(23(13-18)31-2)32-15-17-7-5-8-20(26)11-17/h3-13H,15H2,1-2H3,(H,29,30)/b19-10-. The van der Waals surface area contributed by atoms with E-state index in [1.807, 2.05) is 31.2 Å². The van der Waals surface area contributed by atoms with Crippen LogP contribution in [0.4, 0.5) is 10.1 Å². The SMILES string of the molecule is COc1cc(/C=C(/C#N)C(=O)Nc2ccccc2C)cc(I)c1OCc1cccc(F)c1. The Hall–Kier alpha value is -3.38. The molecule has 32 heavy (non-hydrogen) atoms. The molecule has 0 aliphatic heterocycles. The minimum absolute atomic E-state index is 0.0421. The van der Waals surface area contributed by atoms with E-state index < -0.39 is 5.91 Å². The number of halogens is 2. The lowest BCUT2D eigenvalue weighted by molar-refractivity contribution is -0.112. The van der Waals surface area contributed by atoms with E-state index in [2.05, 4.69) is 27.9 Å². The van der Waals surface area contributed by atoms with Gasteiger partial charge < -0.3 is 14.8 Å². The Balaban J connectivity index is 1.83. The number of methoxy groups -OCH3 is 1. The predicted molar refractivity (Wildman–Crippen MR) is 130 cm³/mol. The van der Waals surface area contributed by atoms with E-state index >= 15 is 0 Å². The third-order valence-corrected chi connectivity index (χ3v) is 5.39. The maximum Gasteiger partial charge on any atom is 0.266 e. The van der Waals surface area contributed by atoms with Gasteiger partial charge in [0, 0.05) is 5.69 Å². The summed E-state index contributed by atoms with van der Waals surface area (Å²) < 4.78 is 25.4. The number of ether oxygens (including phenoxy) is 2. The molecule has 0 spiro atoms. The van der Waals surface area contributed by atoms with Crippen molar-refractivity contribution in [2.75, 3.05) is 12.4 Å². The average molecular weight is 542 g/mol. The molecule has 0 saturated heterocycles. The quantitative estimate of drug-likeness (QED) is 0.230. The van der Waals surface area contributed by atoms with E-state index in [1.54, 1.807) is 30.3 Å². The summed E-state index contributed by atoms with van der Waals surface area (Å²) in [6, 6.07) is 18.9. The Morgan fingerprint density at radius 3 is 2.66 bits per heavy atom. The lowest BCUT2D eigenvalue weighted by Crippen LogP contribution is -2.14. The van der Waals surface area contributed by atoms with Gasteiger partial charge >= 0.3 is 0 Å². The zero-order valence-corrected chi connectivity index (χ0v) is 19.6. The molecule has 1 N–H and O–H groups in total. The second kappa shape index (κ2) is 10.8. The summed E-state index contributed by atoms with van der Waals surface area (Å²) in [5.41, 5.74) is 2.80. The number of hydrogen-bond acceptors (Lipinski definition) is 4.